The van der Waals surface area contributed by atoms with Crippen LogP contribution >= 0.6 is 11.8 Å². The summed E-state index contributed by atoms with van der Waals surface area (Å²) in [6.07, 6.45) is 11.7. The van der Waals surface area contributed by atoms with Crippen molar-refractivity contribution in [2.75, 3.05) is 32.5 Å². The molecule has 32 heavy (non-hydrogen) atoms. The van der Waals surface area contributed by atoms with Crippen LogP contribution in [0.15, 0.2) is 33.9 Å². The van der Waals surface area contributed by atoms with E-state index < -0.39 is 27.3 Å². The Hall–Kier alpha value is -1.35. The molecule has 2 unspecified atom stereocenters. The molecule has 0 spiro atoms. The summed E-state index contributed by atoms with van der Waals surface area (Å²) in [5, 5.41) is 0. The van der Waals surface area contributed by atoms with Gasteiger partial charge in [0.2, 0.25) is 5.91 Å². The largest absolute Gasteiger partial charge is 0.398 e. The molecule has 0 aromatic rings. The second kappa shape index (κ2) is 10.7. The van der Waals surface area contributed by atoms with Gasteiger partial charge in [0, 0.05) is 25.4 Å². The number of halogens is 1. The second-order valence-corrected chi connectivity index (χ2v) is 11.4. The van der Waals surface area contributed by atoms with Crippen molar-refractivity contribution >= 4 is 27.5 Å². The molecule has 9 heteroatoms. The van der Waals surface area contributed by atoms with E-state index in [9.17, 15) is 13.2 Å². The lowest BCUT2D eigenvalue weighted by atomic mass is 9.72. The number of allylic oxidation sites excluding steroid dienone is 2. The van der Waals surface area contributed by atoms with Crippen LogP contribution in [0.4, 0.5) is 0 Å². The Morgan fingerprint density at radius 2 is 2.00 bits per heavy atom. The molecule has 3 aliphatic rings. The second-order valence-electron chi connectivity index (χ2n) is 8.98. The van der Waals surface area contributed by atoms with E-state index in [0.29, 0.717) is 18.5 Å². The fourth-order valence-corrected chi connectivity index (χ4v) is 6.44. The van der Waals surface area contributed by atoms with Gasteiger partial charge in [0.1, 0.15) is 5.60 Å². The van der Waals surface area contributed by atoms with Crippen molar-refractivity contribution in [3.63, 3.8) is 0 Å². The average Bonchev–Trinajstić information content (AvgIpc) is 3.16. The highest BCUT2D eigenvalue weighted by Gasteiger charge is 2.51. The number of nitrogens with zero attached hydrogens (tertiary/aromatic N) is 1. The lowest BCUT2D eigenvalue weighted by Crippen LogP contribution is -2.56. The highest BCUT2D eigenvalue weighted by atomic mass is 35.5. The van der Waals surface area contributed by atoms with Crippen molar-refractivity contribution in [2.24, 2.45) is 11.7 Å². The topological polar surface area (TPSA) is 102 Å². The van der Waals surface area contributed by atoms with E-state index in [1.165, 1.54) is 18.1 Å². The van der Waals surface area contributed by atoms with E-state index >= 15 is 0 Å². The Kier molecular flexibility index (Phi) is 8.47. The third-order valence-corrected chi connectivity index (χ3v) is 9.05. The first-order chi connectivity index (χ1) is 15.3. The number of nitrogens with two attached hydrogens (primary N) is 1. The van der Waals surface area contributed by atoms with E-state index in [0.717, 1.165) is 51.6 Å². The fraction of sp³-hybridized carbons (Fsp3) is 0.696. The van der Waals surface area contributed by atoms with Crippen LogP contribution in [0.1, 0.15) is 58.3 Å². The predicted molar refractivity (Wildman–Crippen MR) is 127 cm³/mol. The van der Waals surface area contributed by atoms with Gasteiger partial charge in [-0.15, -0.1) is 0 Å². The predicted octanol–water partition coefficient (Wildman–Crippen LogP) is 3.18. The fourth-order valence-electron chi connectivity index (χ4n) is 5.21. The Morgan fingerprint density at radius 3 is 2.62 bits per heavy atom. The molecule has 0 saturated carbocycles. The number of hydrogen-bond acceptors (Lipinski definition) is 6. The van der Waals surface area contributed by atoms with Crippen molar-refractivity contribution in [1.29, 1.82) is 0 Å². The number of carbonyl (C=O) groups is 1. The number of amides is 1. The van der Waals surface area contributed by atoms with Crippen LogP contribution in [0.25, 0.3) is 0 Å². The highest BCUT2D eigenvalue weighted by Crippen LogP contribution is 2.44. The third-order valence-electron chi connectivity index (χ3n) is 7.07. The van der Waals surface area contributed by atoms with Gasteiger partial charge in [-0.3, -0.25) is 9.63 Å². The van der Waals surface area contributed by atoms with Gasteiger partial charge in [0.15, 0.2) is 9.84 Å². The van der Waals surface area contributed by atoms with E-state index in [-0.39, 0.29) is 16.4 Å². The maximum absolute atomic E-state index is 13.0. The van der Waals surface area contributed by atoms with E-state index in [1.54, 1.807) is 14.0 Å². The third kappa shape index (κ3) is 5.08. The SMILES string of the molecule is CCS(=O)(=O)C1=CC(C(=O)NCl)C(CN2CCCC2)(OC)C(CC2=CCCCCC2)=C1N. The molecule has 1 fully saturated rings. The highest BCUT2D eigenvalue weighted by molar-refractivity contribution is 7.95. The summed E-state index contributed by atoms with van der Waals surface area (Å²) in [5.74, 6) is -1.50. The number of likely N-dealkylation sites (tertiary alicyclic amines) is 1. The number of methoxy groups -OCH3 is 1. The number of sulfone groups is 1. The van der Waals surface area contributed by atoms with Gasteiger partial charge < -0.3 is 15.4 Å². The van der Waals surface area contributed by atoms with Crippen LogP contribution in [0.3, 0.4) is 0 Å². The van der Waals surface area contributed by atoms with Gasteiger partial charge in [0.25, 0.3) is 0 Å². The lowest BCUT2D eigenvalue weighted by Gasteiger charge is -2.45. The van der Waals surface area contributed by atoms with Crippen LogP contribution in [0, 0.1) is 5.92 Å². The quantitative estimate of drug-likeness (QED) is 0.404. The van der Waals surface area contributed by atoms with Gasteiger partial charge >= 0.3 is 0 Å². The molecule has 0 aromatic carbocycles. The molecule has 0 bridgehead atoms. The van der Waals surface area contributed by atoms with E-state index in [1.807, 2.05) is 0 Å². The molecule has 180 valence electrons. The number of hydrogen-bond donors (Lipinski definition) is 2. The first-order valence-electron chi connectivity index (χ1n) is 11.6. The van der Waals surface area contributed by atoms with Crippen molar-refractivity contribution in [1.82, 2.24) is 9.74 Å². The molecule has 1 saturated heterocycles. The molecule has 2 aliphatic carbocycles. The van der Waals surface area contributed by atoms with Crippen LogP contribution in [0.2, 0.25) is 0 Å². The number of ether oxygens (including phenoxy) is 1. The van der Waals surface area contributed by atoms with Gasteiger partial charge in [-0.2, -0.15) is 0 Å². The zero-order valence-electron chi connectivity index (χ0n) is 19.2. The van der Waals surface area contributed by atoms with Crippen molar-refractivity contribution in [3.05, 3.63) is 33.9 Å². The molecule has 7 nitrogen and oxygen atoms in total. The van der Waals surface area contributed by atoms with Gasteiger partial charge in [0.05, 0.1) is 22.3 Å². The number of rotatable bonds is 8. The monoisotopic (exact) mass is 485 g/mol. The number of carbonyl (C=O) groups excluding carboxylic acids is 1. The summed E-state index contributed by atoms with van der Waals surface area (Å²) in [4.78, 5) is 17.5. The Morgan fingerprint density at radius 1 is 1.28 bits per heavy atom. The van der Waals surface area contributed by atoms with Crippen molar-refractivity contribution < 1.29 is 17.9 Å². The Labute approximate surface area is 197 Å². The van der Waals surface area contributed by atoms with Crippen molar-refractivity contribution in [2.45, 2.75) is 63.9 Å². The minimum absolute atomic E-state index is 0.0172. The van der Waals surface area contributed by atoms with Crippen LogP contribution in [-0.2, 0) is 19.4 Å². The maximum atomic E-state index is 13.0. The average molecular weight is 486 g/mol. The lowest BCUT2D eigenvalue weighted by molar-refractivity contribution is -0.131. The van der Waals surface area contributed by atoms with Crippen LogP contribution < -0.4 is 10.6 Å². The summed E-state index contributed by atoms with van der Waals surface area (Å²) < 4.78 is 32.1. The van der Waals surface area contributed by atoms with Crippen molar-refractivity contribution in [3.8, 4) is 0 Å². The molecular weight excluding hydrogens is 450 g/mol. The molecule has 2 atom stereocenters. The molecular formula is C23H36ClN3O4S. The van der Waals surface area contributed by atoms with E-state index in [2.05, 4.69) is 15.8 Å². The van der Waals surface area contributed by atoms with Gasteiger partial charge in [-0.05, 0) is 69.7 Å². The molecule has 0 aromatic heterocycles. The maximum Gasteiger partial charge on any atom is 0.244 e. The van der Waals surface area contributed by atoms with Gasteiger partial charge in [-0.25, -0.2) is 8.42 Å². The first-order valence-corrected chi connectivity index (χ1v) is 13.6. The molecule has 1 amide bonds. The molecule has 0 radical (unpaired) electrons. The summed E-state index contributed by atoms with van der Waals surface area (Å²) >= 11 is 5.77. The normalized spacial score (nSPS) is 27.7. The van der Waals surface area contributed by atoms with Crippen LogP contribution in [-0.4, -0.2) is 57.3 Å². The first kappa shape index (κ1) is 25.3. The van der Waals surface area contributed by atoms with E-state index in [4.69, 9.17) is 22.2 Å². The Balaban J connectivity index is 2.18. The molecule has 3 N–H and O–H groups in total. The summed E-state index contributed by atoms with van der Waals surface area (Å²) in [7, 11) is -2.07. The minimum atomic E-state index is -3.65. The molecule has 1 heterocycles. The summed E-state index contributed by atoms with van der Waals surface area (Å²) in [6.45, 7) is 3.84. The zero-order valence-corrected chi connectivity index (χ0v) is 20.7. The molecule has 3 rings (SSSR count). The smallest absolute Gasteiger partial charge is 0.244 e. The standard InChI is InChI=1S/C23H36ClN3O4S/c1-3-32(29,30)20-15-19(22(28)26-24)23(31-2,16-27-12-8-9-13-27)18(21(20)25)14-17-10-6-4-5-7-11-17/h10,15,19H,3-9,11-14,16,25H2,1-2H3,(H,26,28). The summed E-state index contributed by atoms with van der Waals surface area (Å²) in [5.41, 5.74) is 7.65. The Bertz CT molecular complexity index is 906. The van der Waals surface area contributed by atoms with Crippen LogP contribution in [0.5, 0.6) is 0 Å². The summed E-state index contributed by atoms with van der Waals surface area (Å²) in [6, 6.07) is 0. The zero-order chi connectivity index (χ0) is 23.4. The van der Waals surface area contributed by atoms with Gasteiger partial charge in [-0.1, -0.05) is 25.0 Å². The number of nitrogens with one attached hydrogen (secondary N) is 1. The minimum Gasteiger partial charge on any atom is -0.398 e. The molecule has 1 aliphatic heterocycles.